The lowest BCUT2D eigenvalue weighted by atomic mass is 10.2. The first kappa shape index (κ1) is 16.4. The SMILES string of the molecule is CC1CN(CC2CN(N=Cc3ccc([N+](=O)[O-])o3)C(=O)O2)CCO1. The maximum Gasteiger partial charge on any atom is 0.433 e. The average molecular weight is 338 g/mol. The fraction of sp³-hybridized carbons (Fsp3) is 0.571. The monoisotopic (exact) mass is 338 g/mol. The van der Waals surface area contributed by atoms with Crippen LogP contribution in [0.1, 0.15) is 12.7 Å². The summed E-state index contributed by atoms with van der Waals surface area (Å²) < 4.78 is 15.7. The second kappa shape index (κ2) is 6.97. The van der Waals surface area contributed by atoms with Crippen LogP contribution in [0.15, 0.2) is 21.7 Å². The molecule has 0 aliphatic carbocycles. The molecule has 2 fully saturated rings. The summed E-state index contributed by atoms with van der Waals surface area (Å²) in [5.74, 6) is -0.181. The van der Waals surface area contributed by atoms with Crippen LogP contribution in [0.25, 0.3) is 0 Å². The molecular weight excluding hydrogens is 320 g/mol. The molecule has 3 rings (SSSR count). The summed E-state index contributed by atoms with van der Waals surface area (Å²) >= 11 is 0. The first-order valence-corrected chi connectivity index (χ1v) is 7.61. The van der Waals surface area contributed by atoms with Gasteiger partial charge in [-0.2, -0.15) is 10.1 Å². The molecule has 3 heterocycles. The van der Waals surface area contributed by atoms with Crippen LogP contribution in [0.4, 0.5) is 10.7 Å². The Hall–Kier alpha value is -2.46. The van der Waals surface area contributed by atoms with E-state index < -0.39 is 11.0 Å². The fourth-order valence-electron chi connectivity index (χ4n) is 2.68. The number of amides is 1. The minimum atomic E-state index is -0.638. The number of hydrogen-bond donors (Lipinski definition) is 0. The predicted molar refractivity (Wildman–Crippen MR) is 81.8 cm³/mol. The third-order valence-corrected chi connectivity index (χ3v) is 3.76. The van der Waals surface area contributed by atoms with E-state index >= 15 is 0 Å². The van der Waals surface area contributed by atoms with Crippen LogP contribution in [0, 0.1) is 10.1 Å². The Morgan fingerprint density at radius 1 is 1.46 bits per heavy atom. The second-order valence-electron chi connectivity index (χ2n) is 5.71. The smallest absolute Gasteiger partial charge is 0.433 e. The summed E-state index contributed by atoms with van der Waals surface area (Å²) in [6, 6.07) is 2.64. The second-order valence-corrected chi connectivity index (χ2v) is 5.71. The topological polar surface area (TPSA) is 111 Å². The molecule has 2 saturated heterocycles. The number of carbonyl (C=O) groups excluding carboxylic acids is 1. The number of hydrazone groups is 1. The molecule has 0 saturated carbocycles. The highest BCUT2D eigenvalue weighted by Crippen LogP contribution is 2.17. The normalized spacial score (nSPS) is 25.4. The van der Waals surface area contributed by atoms with Gasteiger partial charge in [-0.15, -0.1) is 0 Å². The van der Waals surface area contributed by atoms with Gasteiger partial charge < -0.3 is 13.9 Å². The number of morpholine rings is 1. The van der Waals surface area contributed by atoms with Gasteiger partial charge in [0.2, 0.25) is 0 Å². The lowest BCUT2D eigenvalue weighted by Crippen LogP contribution is -2.45. The summed E-state index contributed by atoms with van der Waals surface area (Å²) in [6.07, 6.45) is 0.609. The van der Waals surface area contributed by atoms with Gasteiger partial charge in [-0.3, -0.25) is 15.0 Å². The molecule has 2 atom stereocenters. The number of nitro groups is 1. The molecule has 2 unspecified atom stereocenters. The molecule has 1 aromatic rings. The number of ether oxygens (including phenoxy) is 2. The third-order valence-electron chi connectivity index (χ3n) is 3.76. The predicted octanol–water partition coefficient (Wildman–Crippen LogP) is 1.06. The van der Waals surface area contributed by atoms with E-state index in [1.807, 2.05) is 6.92 Å². The van der Waals surface area contributed by atoms with Crippen molar-refractivity contribution in [2.75, 3.05) is 32.8 Å². The van der Waals surface area contributed by atoms with E-state index in [-0.39, 0.29) is 23.9 Å². The molecule has 10 nitrogen and oxygen atoms in total. The number of nitrogens with zero attached hydrogens (tertiary/aromatic N) is 4. The number of cyclic esters (lactones) is 1. The number of hydrogen-bond acceptors (Lipinski definition) is 8. The minimum absolute atomic E-state index is 0.166. The van der Waals surface area contributed by atoms with Crippen LogP contribution < -0.4 is 0 Å². The zero-order valence-electron chi connectivity index (χ0n) is 13.2. The number of furan rings is 1. The van der Waals surface area contributed by atoms with Gasteiger partial charge in [0.1, 0.15) is 11.0 Å². The minimum Gasteiger partial charge on any atom is -0.441 e. The van der Waals surface area contributed by atoms with Crippen LogP contribution >= 0.6 is 0 Å². The van der Waals surface area contributed by atoms with Crippen molar-refractivity contribution in [2.24, 2.45) is 5.10 Å². The van der Waals surface area contributed by atoms with Crippen LogP contribution in [0.2, 0.25) is 0 Å². The molecule has 1 aromatic heterocycles. The molecule has 0 N–H and O–H groups in total. The van der Waals surface area contributed by atoms with Crippen molar-refractivity contribution in [1.82, 2.24) is 9.91 Å². The number of carbonyl (C=O) groups is 1. The van der Waals surface area contributed by atoms with E-state index in [0.29, 0.717) is 19.7 Å². The Balaban J connectivity index is 1.54. The molecule has 130 valence electrons. The molecule has 10 heteroatoms. The Kier molecular flexibility index (Phi) is 4.76. The first-order valence-electron chi connectivity index (χ1n) is 7.61. The van der Waals surface area contributed by atoms with Crippen molar-refractivity contribution < 1.29 is 23.6 Å². The van der Waals surface area contributed by atoms with Crippen LogP contribution in [0.5, 0.6) is 0 Å². The van der Waals surface area contributed by atoms with E-state index in [0.717, 1.165) is 13.1 Å². The molecule has 0 bridgehead atoms. The van der Waals surface area contributed by atoms with Gasteiger partial charge in [0.25, 0.3) is 0 Å². The van der Waals surface area contributed by atoms with Crippen molar-refractivity contribution in [3.8, 4) is 0 Å². The Morgan fingerprint density at radius 2 is 2.29 bits per heavy atom. The molecular formula is C14H18N4O6. The highest BCUT2D eigenvalue weighted by Gasteiger charge is 2.33. The van der Waals surface area contributed by atoms with E-state index in [9.17, 15) is 14.9 Å². The summed E-state index contributed by atoms with van der Waals surface area (Å²) in [5, 5.41) is 15.7. The number of rotatable bonds is 5. The van der Waals surface area contributed by atoms with Crippen LogP contribution in [-0.4, -0.2) is 72.1 Å². The standard InChI is InChI=1S/C14H18N4O6/c1-10-7-16(4-5-22-10)8-12-9-17(14(19)24-12)15-6-11-2-3-13(23-11)18(20)21/h2-3,6,10,12H,4-5,7-9H2,1H3. The summed E-state index contributed by atoms with van der Waals surface area (Å²) in [4.78, 5) is 23.9. The molecule has 1 amide bonds. The van der Waals surface area contributed by atoms with E-state index in [2.05, 4.69) is 10.0 Å². The summed E-state index contributed by atoms with van der Waals surface area (Å²) in [6.45, 7) is 5.22. The zero-order valence-corrected chi connectivity index (χ0v) is 13.2. The van der Waals surface area contributed by atoms with E-state index in [1.165, 1.54) is 23.4 Å². The molecule has 24 heavy (non-hydrogen) atoms. The Bertz CT molecular complexity index is 645. The maximum absolute atomic E-state index is 11.8. The van der Waals surface area contributed by atoms with Gasteiger partial charge in [0, 0.05) is 19.6 Å². The van der Waals surface area contributed by atoms with Gasteiger partial charge in [-0.25, -0.2) is 4.79 Å². The van der Waals surface area contributed by atoms with Gasteiger partial charge in [-0.1, -0.05) is 0 Å². The highest BCUT2D eigenvalue weighted by molar-refractivity contribution is 5.78. The summed E-state index contributed by atoms with van der Waals surface area (Å²) in [5.41, 5.74) is 0. The van der Waals surface area contributed by atoms with Crippen molar-refractivity contribution in [3.63, 3.8) is 0 Å². The molecule has 2 aliphatic rings. The van der Waals surface area contributed by atoms with Crippen molar-refractivity contribution in [2.45, 2.75) is 19.1 Å². The fourth-order valence-corrected chi connectivity index (χ4v) is 2.68. The van der Waals surface area contributed by atoms with Gasteiger partial charge in [0.15, 0.2) is 5.76 Å². The summed E-state index contributed by atoms with van der Waals surface area (Å²) in [7, 11) is 0. The van der Waals surface area contributed by atoms with Crippen LogP contribution in [-0.2, 0) is 9.47 Å². The molecule has 0 radical (unpaired) electrons. The van der Waals surface area contributed by atoms with Crippen LogP contribution in [0.3, 0.4) is 0 Å². The molecule has 0 aromatic carbocycles. The molecule has 2 aliphatic heterocycles. The van der Waals surface area contributed by atoms with Gasteiger partial charge in [-0.05, 0) is 13.0 Å². The lowest BCUT2D eigenvalue weighted by molar-refractivity contribution is -0.402. The molecule has 0 spiro atoms. The lowest BCUT2D eigenvalue weighted by Gasteiger charge is -2.31. The highest BCUT2D eigenvalue weighted by atomic mass is 16.6. The van der Waals surface area contributed by atoms with Gasteiger partial charge >= 0.3 is 12.0 Å². The first-order chi connectivity index (χ1) is 11.5. The quantitative estimate of drug-likeness (QED) is 0.448. The largest absolute Gasteiger partial charge is 0.441 e. The Morgan fingerprint density at radius 3 is 3.00 bits per heavy atom. The van der Waals surface area contributed by atoms with Gasteiger partial charge in [0.05, 0.1) is 31.5 Å². The third kappa shape index (κ3) is 3.89. The zero-order chi connectivity index (χ0) is 17.1. The maximum atomic E-state index is 11.8. The average Bonchev–Trinajstić information content (AvgIpc) is 3.12. The van der Waals surface area contributed by atoms with Crippen molar-refractivity contribution in [3.05, 3.63) is 28.0 Å². The van der Waals surface area contributed by atoms with E-state index in [1.54, 1.807) is 0 Å². The van der Waals surface area contributed by atoms with Crippen molar-refractivity contribution >= 4 is 18.2 Å². The van der Waals surface area contributed by atoms with E-state index in [4.69, 9.17) is 13.9 Å². The Labute approximate surface area is 137 Å². The van der Waals surface area contributed by atoms with Crippen molar-refractivity contribution in [1.29, 1.82) is 0 Å².